The lowest BCUT2D eigenvalue weighted by Crippen LogP contribution is -2.36. The van der Waals surface area contributed by atoms with Gasteiger partial charge in [0.25, 0.3) is 0 Å². The molecule has 2 amide bonds. The third-order valence-electron chi connectivity index (χ3n) is 3.72. The van der Waals surface area contributed by atoms with E-state index in [1.165, 1.54) is 11.8 Å². The summed E-state index contributed by atoms with van der Waals surface area (Å²) in [5.41, 5.74) is 2.62. The van der Waals surface area contributed by atoms with Crippen molar-refractivity contribution in [3.05, 3.63) is 59.9 Å². The number of hydrogen-bond acceptors (Lipinski definition) is 3. The Hall–Kier alpha value is -2.69. The van der Waals surface area contributed by atoms with Crippen molar-refractivity contribution in [3.8, 4) is 0 Å². The van der Waals surface area contributed by atoms with Crippen LogP contribution in [-0.2, 0) is 16.1 Å². The number of pyridine rings is 1. The van der Waals surface area contributed by atoms with Gasteiger partial charge in [-0.15, -0.1) is 0 Å². The minimum absolute atomic E-state index is 0.00165. The predicted molar refractivity (Wildman–Crippen MR) is 94.5 cm³/mol. The fourth-order valence-corrected chi connectivity index (χ4v) is 2.44. The standard InChI is InChI=1S/C19H23N3O2/c1-14(2)17-9-4-5-10-18(17)21-19(24)13-22(15(3)23)12-16-8-6-7-11-20-16/h4-11,14H,12-13H2,1-3H3,(H,21,24). The number of nitrogens with one attached hydrogen (secondary N) is 1. The lowest BCUT2D eigenvalue weighted by molar-refractivity contribution is -0.133. The minimum Gasteiger partial charge on any atom is -0.328 e. The average Bonchev–Trinajstić information content (AvgIpc) is 2.55. The molecule has 0 unspecified atom stereocenters. The number of carbonyl (C=O) groups excluding carboxylic acids is 2. The quantitative estimate of drug-likeness (QED) is 0.887. The highest BCUT2D eigenvalue weighted by Crippen LogP contribution is 2.23. The van der Waals surface area contributed by atoms with Gasteiger partial charge in [0.05, 0.1) is 12.2 Å². The fraction of sp³-hybridized carbons (Fsp3) is 0.316. The van der Waals surface area contributed by atoms with Crippen molar-refractivity contribution in [2.24, 2.45) is 0 Å². The van der Waals surface area contributed by atoms with Gasteiger partial charge in [-0.05, 0) is 29.7 Å². The third kappa shape index (κ3) is 4.91. The van der Waals surface area contributed by atoms with E-state index in [0.717, 1.165) is 16.9 Å². The van der Waals surface area contributed by atoms with E-state index in [9.17, 15) is 9.59 Å². The summed E-state index contributed by atoms with van der Waals surface area (Å²) in [7, 11) is 0. The summed E-state index contributed by atoms with van der Waals surface area (Å²) in [6.07, 6.45) is 1.67. The van der Waals surface area contributed by atoms with Crippen LogP contribution in [0.2, 0.25) is 0 Å². The maximum atomic E-state index is 12.4. The normalized spacial score (nSPS) is 10.5. The number of benzene rings is 1. The predicted octanol–water partition coefficient (Wildman–Crippen LogP) is 3.19. The number of carbonyl (C=O) groups is 2. The molecular formula is C19H23N3O2. The zero-order valence-electron chi connectivity index (χ0n) is 14.3. The zero-order chi connectivity index (χ0) is 17.5. The van der Waals surface area contributed by atoms with Crippen LogP contribution in [0.3, 0.4) is 0 Å². The molecule has 5 nitrogen and oxygen atoms in total. The molecule has 0 fully saturated rings. The number of rotatable bonds is 6. The molecule has 0 aliphatic carbocycles. The van der Waals surface area contributed by atoms with E-state index >= 15 is 0 Å². The van der Waals surface area contributed by atoms with Gasteiger partial charge in [-0.2, -0.15) is 0 Å². The fourth-order valence-electron chi connectivity index (χ4n) is 2.44. The summed E-state index contributed by atoms with van der Waals surface area (Å²) in [6, 6.07) is 13.2. The van der Waals surface area contributed by atoms with Crippen molar-refractivity contribution in [3.63, 3.8) is 0 Å². The van der Waals surface area contributed by atoms with Crippen LogP contribution in [0.5, 0.6) is 0 Å². The van der Waals surface area contributed by atoms with E-state index in [1.807, 2.05) is 42.5 Å². The van der Waals surface area contributed by atoms with Crippen LogP contribution in [0.15, 0.2) is 48.7 Å². The molecule has 0 saturated heterocycles. The Morgan fingerprint density at radius 1 is 1.12 bits per heavy atom. The molecule has 5 heteroatoms. The average molecular weight is 325 g/mol. The highest BCUT2D eigenvalue weighted by molar-refractivity contribution is 5.95. The molecule has 2 aromatic rings. The number of hydrogen-bond donors (Lipinski definition) is 1. The van der Waals surface area contributed by atoms with Crippen molar-refractivity contribution < 1.29 is 9.59 Å². The highest BCUT2D eigenvalue weighted by Gasteiger charge is 2.16. The van der Waals surface area contributed by atoms with Crippen LogP contribution in [0, 0.1) is 0 Å². The van der Waals surface area contributed by atoms with E-state index in [1.54, 1.807) is 6.20 Å². The van der Waals surface area contributed by atoms with Crippen molar-refractivity contribution in [1.29, 1.82) is 0 Å². The Labute approximate surface area is 142 Å². The van der Waals surface area contributed by atoms with E-state index in [4.69, 9.17) is 0 Å². The zero-order valence-corrected chi connectivity index (χ0v) is 14.3. The van der Waals surface area contributed by atoms with Crippen LogP contribution < -0.4 is 5.32 Å². The molecule has 0 radical (unpaired) electrons. The first-order valence-corrected chi connectivity index (χ1v) is 8.01. The Kier molecular flexibility index (Phi) is 6.07. The van der Waals surface area contributed by atoms with Crippen LogP contribution in [0.4, 0.5) is 5.69 Å². The first kappa shape index (κ1) is 17.7. The summed E-state index contributed by atoms with van der Waals surface area (Å²) in [5.74, 6) is -0.0684. The van der Waals surface area contributed by atoms with Crippen molar-refractivity contribution in [2.45, 2.75) is 33.2 Å². The van der Waals surface area contributed by atoms with E-state index in [2.05, 4.69) is 24.1 Å². The monoisotopic (exact) mass is 325 g/mol. The van der Waals surface area contributed by atoms with Gasteiger partial charge in [-0.3, -0.25) is 14.6 Å². The minimum atomic E-state index is -0.214. The Balaban J connectivity index is 2.05. The first-order chi connectivity index (χ1) is 11.5. The van der Waals surface area contributed by atoms with Gasteiger partial charge in [0.1, 0.15) is 6.54 Å². The number of nitrogens with zero attached hydrogens (tertiary/aromatic N) is 2. The lowest BCUT2D eigenvalue weighted by atomic mass is 10.0. The molecule has 24 heavy (non-hydrogen) atoms. The van der Waals surface area contributed by atoms with Gasteiger partial charge in [0, 0.05) is 18.8 Å². The molecule has 1 aromatic carbocycles. The summed E-state index contributed by atoms with van der Waals surface area (Å²) in [4.78, 5) is 29.9. The SMILES string of the molecule is CC(=O)N(CC(=O)Nc1ccccc1C(C)C)Cc1ccccn1. The van der Waals surface area contributed by atoms with Crippen LogP contribution in [0.25, 0.3) is 0 Å². The number of amides is 2. The Morgan fingerprint density at radius 3 is 2.46 bits per heavy atom. The lowest BCUT2D eigenvalue weighted by Gasteiger charge is -2.21. The van der Waals surface area contributed by atoms with Gasteiger partial charge in [0.2, 0.25) is 11.8 Å². The van der Waals surface area contributed by atoms with Crippen LogP contribution >= 0.6 is 0 Å². The van der Waals surface area contributed by atoms with Gasteiger partial charge < -0.3 is 10.2 Å². The summed E-state index contributed by atoms with van der Waals surface area (Å²) in [6.45, 7) is 5.92. The molecule has 0 atom stereocenters. The molecule has 0 bridgehead atoms. The first-order valence-electron chi connectivity index (χ1n) is 8.01. The molecular weight excluding hydrogens is 302 g/mol. The number of para-hydroxylation sites is 1. The summed E-state index contributed by atoms with van der Waals surface area (Å²) in [5, 5.41) is 2.91. The molecule has 0 aliphatic heterocycles. The molecule has 1 N–H and O–H groups in total. The largest absolute Gasteiger partial charge is 0.328 e. The van der Waals surface area contributed by atoms with Gasteiger partial charge >= 0.3 is 0 Å². The van der Waals surface area contributed by atoms with E-state index in [0.29, 0.717) is 12.5 Å². The third-order valence-corrected chi connectivity index (χ3v) is 3.72. The molecule has 0 saturated carbocycles. The van der Waals surface area contributed by atoms with E-state index in [-0.39, 0.29) is 18.4 Å². The van der Waals surface area contributed by atoms with Crippen LogP contribution in [0.1, 0.15) is 37.9 Å². The summed E-state index contributed by atoms with van der Waals surface area (Å²) < 4.78 is 0. The number of anilines is 1. The molecule has 0 aliphatic rings. The Bertz CT molecular complexity index is 699. The second-order valence-corrected chi connectivity index (χ2v) is 5.99. The molecule has 1 aromatic heterocycles. The topological polar surface area (TPSA) is 62.3 Å². The number of aromatic nitrogens is 1. The Morgan fingerprint density at radius 2 is 1.83 bits per heavy atom. The highest BCUT2D eigenvalue weighted by atomic mass is 16.2. The van der Waals surface area contributed by atoms with Crippen molar-refractivity contribution in [1.82, 2.24) is 9.88 Å². The maximum absolute atomic E-state index is 12.4. The second-order valence-electron chi connectivity index (χ2n) is 5.99. The molecule has 126 valence electrons. The second kappa shape index (κ2) is 8.24. The molecule has 0 spiro atoms. The van der Waals surface area contributed by atoms with Crippen molar-refractivity contribution >= 4 is 17.5 Å². The molecule has 1 heterocycles. The van der Waals surface area contributed by atoms with Crippen LogP contribution in [-0.4, -0.2) is 28.2 Å². The molecule has 2 rings (SSSR count). The van der Waals surface area contributed by atoms with Gasteiger partial charge in [-0.1, -0.05) is 38.1 Å². The van der Waals surface area contributed by atoms with E-state index < -0.39 is 0 Å². The van der Waals surface area contributed by atoms with Crippen molar-refractivity contribution in [2.75, 3.05) is 11.9 Å². The van der Waals surface area contributed by atoms with Gasteiger partial charge in [-0.25, -0.2) is 0 Å². The summed E-state index contributed by atoms with van der Waals surface area (Å²) >= 11 is 0. The smallest absolute Gasteiger partial charge is 0.244 e. The maximum Gasteiger partial charge on any atom is 0.244 e. The van der Waals surface area contributed by atoms with Gasteiger partial charge in [0.15, 0.2) is 0 Å².